The van der Waals surface area contributed by atoms with E-state index in [1.807, 2.05) is 17.5 Å². The van der Waals surface area contributed by atoms with Gasteiger partial charge in [-0.1, -0.05) is 18.2 Å². The molecule has 1 nitrogen and oxygen atoms in total. The van der Waals surface area contributed by atoms with Gasteiger partial charge in [-0.25, -0.2) is 4.39 Å². The number of hydrogen-bond donors (Lipinski definition) is 0. The van der Waals surface area contributed by atoms with E-state index in [2.05, 4.69) is 0 Å². The van der Waals surface area contributed by atoms with Gasteiger partial charge in [0.15, 0.2) is 5.78 Å². The summed E-state index contributed by atoms with van der Waals surface area (Å²) in [5.74, 6) is -0.0901. The minimum atomic E-state index is -0.242. The lowest BCUT2D eigenvalue weighted by atomic mass is 10.1. The molecule has 0 aliphatic carbocycles. The van der Waals surface area contributed by atoms with Crippen molar-refractivity contribution in [3.05, 3.63) is 58.0 Å². The van der Waals surface area contributed by atoms with Gasteiger partial charge < -0.3 is 0 Å². The Bertz CT molecular complexity index is 459. The SMILES string of the molecule is O=C(CCc1ccc(F)cc1)c1cccs1. The van der Waals surface area contributed by atoms with E-state index in [0.717, 1.165) is 10.4 Å². The van der Waals surface area contributed by atoms with Crippen LogP contribution in [-0.4, -0.2) is 5.78 Å². The van der Waals surface area contributed by atoms with Gasteiger partial charge in [0.25, 0.3) is 0 Å². The highest BCUT2D eigenvalue weighted by molar-refractivity contribution is 7.12. The summed E-state index contributed by atoms with van der Waals surface area (Å²) in [5.41, 5.74) is 0.992. The smallest absolute Gasteiger partial charge is 0.173 e. The minimum absolute atomic E-state index is 0.152. The zero-order valence-corrected chi connectivity index (χ0v) is 9.47. The number of aryl methyl sites for hydroxylation is 1. The number of carbonyl (C=O) groups excluding carboxylic acids is 1. The molecule has 2 rings (SSSR count). The van der Waals surface area contributed by atoms with Crippen LogP contribution in [0.1, 0.15) is 21.7 Å². The fourth-order valence-electron chi connectivity index (χ4n) is 1.47. The fourth-order valence-corrected chi connectivity index (χ4v) is 2.16. The van der Waals surface area contributed by atoms with Crippen LogP contribution in [-0.2, 0) is 6.42 Å². The number of benzene rings is 1. The van der Waals surface area contributed by atoms with Crippen LogP contribution in [0.2, 0.25) is 0 Å². The Balaban J connectivity index is 1.93. The Morgan fingerprint density at radius 2 is 1.94 bits per heavy atom. The van der Waals surface area contributed by atoms with Crippen LogP contribution in [0.3, 0.4) is 0 Å². The van der Waals surface area contributed by atoms with Gasteiger partial charge in [-0.15, -0.1) is 11.3 Å². The second-order valence-electron chi connectivity index (χ2n) is 3.53. The van der Waals surface area contributed by atoms with Crippen molar-refractivity contribution in [2.45, 2.75) is 12.8 Å². The van der Waals surface area contributed by atoms with Crippen molar-refractivity contribution in [2.24, 2.45) is 0 Å². The molecule has 1 aromatic heterocycles. The fraction of sp³-hybridized carbons (Fsp3) is 0.154. The maximum Gasteiger partial charge on any atom is 0.173 e. The molecule has 16 heavy (non-hydrogen) atoms. The van der Waals surface area contributed by atoms with Gasteiger partial charge in [0.1, 0.15) is 5.82 Å². The number of hydrogen-bond acceptors (Lipinski definition) is 2. The van der Waals surface area contributed by atoms with Crippen LogP contribution in [0, 0.1) is 5.82 Å². The van der Waals surface area contributed by atoms with Gasteiger partial charge in [0.2, 0.25) is 0 Å². The summed E-state index contributed by atoms with van der Waals surface area (Å²) in [6.07, 6.45) is 1.14. The average molecular weight is 234 g/mol. The minimum Gasteiger partial charge on any atom is -0.293 e. The summed E-state index contributed by atoms with van der Waals surface area (Å²) in [4.78, 5) is 12.5. The Kier molecular flexibility index (Phi) is 3.47. The lowest BCUT2D eigenvalue weighted by Gasteiger charge is -1.99. The predicted molar refractivity (Wildman–Crippen MR) is 63.4 cm³/mol. The third kappa shape index (κ3) is 2.76. The quantitative estimate of drug-likeness (QED) is 0.737. The Morgan fingerprint density at radius 1 is 1.19 bits per heavy atom. The van der Waals surface area contributed by atoms with Crippen molar-refractivity contribution < 1.29 is 9.18 Å². The molecular formula is C13H11FOS. The first-order chi connectivity index (χ1) is 7.75. The standard InChI is InChI=1S/C13H11FOS/c14-11-6-3-10(4-7-11)5-8-12(15)13-2-1-9-16-13/h1-4,6-7,9H,5,8H2. The zero-order chi connectivity index (χ0) is 11.4. The van der Waals surface area contributed by atoms with Crippen molar-refractivity contribution in [1.82, 2.24) is 0 Å². The summed E-state index contributed by atoms with van der Waals surface area (Å²) in [7, 11) is 0. The van der Waals surface area contributed by atoms with E-state index in [-0.39, 0.29) is 11.6 Å². The molecule has 2 aromatic rings. The first-order valence-electron chi connectivity index (χ1n) is 5.07. The molecule has 1 aromatic carbocycles. The molecule has 0 spiro atoms. The van der Waals surface area contributed by atoms with E-state index in [9.17, 15) is 9.18 Å². The van der Waals surface area contributed by atoms with Gasteiger partial charge >= 0.3 is 0 Å². The van der Waals surface area contributed by atoms with Gasteiger partial charge in [-0.05, 0) is 35.6 Å². The van der Waals surface area contributed by atoms with Crippen molar-refractivity contribution in [3.8, 4) is 0 Å². The van der Waals surface area contributed by atoms with Crippen LogP contribution in [0.15, 0.2) is 41.8 Å². The van der Waals surface area contributed by atoms with Crippen molar-refractivity contribution in [3.63, 3.8) is 0 Å². The normalized spacial score (nSPS) is 10.3. The Hall–Kier alpha value is -1.48. The average Bonchev–Trinajstić information content (AvgIpc) is 2.81. The summed E-state index contributed by atoms with van der Waals surface area (Å²) in [6.45, 7) is 0. The van der Waals surface area contributed by atoms with Crippen LogP contribution >= 0.6 is 11.3 Å². The second kappa shape index (κ2) is 5.03. The molecule has 3 heteroatoms. The largest absolute Gasteiger partial charge is 0.293 e. The van der Waals surface area contributed by atoms with E-state index in [4.69, 9.17) is 0 Å². The molecule has 0 saturated carbocycles. The topological polar surface area (TPSA) is 17.1 Å². The van der Waals surface area contributed by atoms with Gasteiger partial charge in [-0.3, -0.25) is 4.79 Å². The van der Waals surface area contributed by atoms with Crippen LogP contribution < -0.4 is 0 Å². The molecule has 0 unspecified atom stereocenters. The highest BCUT2D eigenvalue weighted by Crippen LogP contribution is 2.13. The van der Waals surface area contributed by atoms with Crippen molar-refractivity contribution in [2.75, 3.05) is 0 Å². The predicted octanol–water partition coefficient (Wildman–Crippen LogP) is 3.70. The zero-order valence-electron chi connectivity index (χ0n) is 8.65. The second-order valence-corrected chi connectivity index (χ2v) is 4.47. The number of halogens is 1. The number of ketones is 1. The molecule has 0 atom stereocenters. The maximum absolute atomic E-state index is 12.6. The summed E-state index contributed by atoms with van der Waals surface area (Å²) < 4.78 is 12.6. The first-order valence-corrected chi connectivity index (χ1v) is 5.95. The van der Waals surface area contributed by atoms with E-state index >= 15 is 0 Å². The monoisotopic (exact) mass is 234 g/mol. The van der Waals surface area contributed by atoms with Gasteiger partial charge in [0, 0.05) is 6.42 Å². The van der Waals surface area contributed by atoms with Gasteiger partial charge in [-0.2, -0.15) is 0 Å². The number of Topliss-reactive ketones (excluding diaryl/α,β-unsaturated/α-hetero) is 1. The van der Waals surface area contributed by atoms with Crippen LogP contribution in [0.25, 0.3) is 0 Å². The van der Waals surface area contributed by atoms with Crippen LogP contribution in [0.5, 0.6) is 0 Å². The maximum atomic E-state index is 12.6. The lowest BCUT2D eigenvalue weighted by molar-refractivity contribution is 0.0987. The highest BCUT2D eigenvalue weighted by Gasteiger charge is 2.06. The molecule has 0 fully saturated rings. The molecule has 0 aliphatic rings. The third-order valence-electron chi connectivity index (χ3n) is 2.35. The third-order valence-corrected chi connectivity index (χ3v) is 3.26. The number of rotatable bonds is 4. The lowest BCUT2D eigenvalue weighted by Crippen LogP contribution is -1.98. The molecule has 0 bridgehead atoms. The van der Waals surface area contributed by atoms with E-state index in [1.54, 1.807) is 12.1 Å². The number of carbonyl (C=O) groups is 1. The van der Waals surface area contributed by atoms with Crippen molar-refractivity contribution >= 4 is 17.1 Å². The Morgan fingerprint density at radius 3 is 2.56 bits per heavy atom. The first kappa shape index (κ1) is 11.0. The summed E-state index contributed by atoms with van der Waals surface area (Å²) in [5, 5.41) is 1.89. The molecule has 0 radical (unpaired) electrons. The molecule has 82 valence electrons. The van der Waals surface area contributed by atoms with Crippen molar-refractivity contribution in [1.29, 1.82) is 0 Å². The van der Waals surface area contributed by atoms with E-state index in [0.29, 0.717) is 12.8 Å². The molecule has 1 heterocycles. The molecule has 0 N–H and O–H groups in total. The summed E-state index contributed by atoms with van der Waals surface area (Å²) >= 11 is 1.46. The van der Waals surface area contributed by atoms with Crippen LogP contribution in [0.4, 0.5) is 4.39 Å². The number of thiophene rings is 1. The summed E-state index contributed by atoms with van der Waals surface area (Å²) in [6, 6.07) is 9.98. The molecule has 0 amide bonds. The highest BCUT2D eigenvalue weighted by atomic mass is 32.1. The van der Waals surface area contributed by atoms with E-state index in [1.165, 1.54) is 23.5 Å². The Labute approximate surface area is 97.6 Å². The molecule has 0 aliphatic heterocycles. The molecular weight excluding hydrogens is 223 g/mol. The van der Waals surface area contributed by atoms with E-state index < -0.39 is 0 Å². The molecule has 0 saturated heterocycles. The van der Waals surface area contributed by atoms with Gasteiger partial charge in [0.05, 0.1) is 4.88 Å².